The van der Waals surface area contributed by atoms with Crippen molar-refractivity contribution in [2.75, 3.05) is 0 Å². The van der Waals surface area contributed by atoms with Crippen LogP contribution in [0.25, 0.3) is 10.9 Å². The Balaban J connectivity index is 2.26. The zero-order chi connectivity index (χ0) is 11.0. The summed E-state index contributed by atoms with van der Waals surface area (Å²) >= 11 is 0. The van der Waals surface area contributed by atoms with E-state index in [0.717, 1.165) is 30.5 Å². The van der Waals surface area contributed by atoms with Crippen molar-refractivity contribution in [1.82, 2.24) is 4.98 Å². The fourth-order valence-corrected chi connectivity index (χ4v) is 2.44. The molecule has 1 aromatic carbocycles. The standard InChI is InChI=1S/C14H12N2/c15-9-12-6-3-5-11-8-10-4-1-2-7-13(10)16-14(11)12/h1-2,4,7-8,12H,3,5-6H2. The molecule has 0 radical (unpaired) electrons. The maximum absolute atomic E-state index is 9.12. The van der Waals surface area contributed by atoms with E-state index in [-0.39, 0.29) is 5.92 Å². The molecular weight excluding hydrogens is 196 g/mol. The van der Waals surface area contributed by atoms with Crippen LogP contribution in [0.5, 0.6) is 0 Å². The summed E-state index contributed by atoms with van der Waals surface area (Å²) in [4.78, 5) is 4.65. The average Bonchev–Trinajstić information content (AvgIpc) is 2.35. The lowest BCUT2D eigenvalue weighted by Gasteiger charge is -2.19. The van der Waals surface area contributed by atoms with Gasteiger partial charge in [-0.2, -0.15) is 5.26 Å². The Labute approximate surface area is 94.5 Å². The number of para-hydroxylation sites is 1. The second-order valence-corrected chi connectivity index (χ2v) is 4.30. The van der Waals surface area contributed by atoms with Gasteiger partial charge >= 0.3 is 0 Å². The van der Waals surface area contributed by atoms with Crippen molar-refractivity contribution in [2.45, 2.75) is 25.2 Å². The first-order chi connectivity index (χ1) is 7.88. The van der Waals surface area contributed by atoms with Gasteiger partial charge in [-0.3, -0.25) is 4.98 Å². The predicted molar refractivity (Wildman–Crippen MR) is 63.0 cm³/mol. The molecule has 0 bridgehead atoms. The number of pyridine rings is 1. The SMILES string of the molecule is N#CC1CCCc2cc3ccccc3nc21. The van der Waals surface area contributed by atoms with Crippen molar-refractivity contribution in [3.63, 3.8) is 0 Å². The van der Waals surface area contributed by atoms with Crippen LogP contribution in [0.15, 0.2) is 30.3 Å². The number of nitrogens with zero attached hydrogens (tertiary/aromatic N) is 2. The number of benzene rings is 1. The van der Waals surface area contributed by atoms with Gasteiger partial charge < -0.3 is 0 Å². The number of hydrogen-bond donors (Lipinski definition) is 0. The number of aromatic nitrogens is 1. The van der Waals surface area contributed by atoms with Crippen LogP contribution >= 0.6 is 0 Å². The number of hydrogen-bond acceptors (Lipinski definition) is 2. The van der Waals surface area contributed by atoms with Crippen molar-refractivity contribution >= 4 is 10.9 Å². The molecule has 2 aromatic rings. The molecule has 1 aliphatic carbocycles. The number of nitriles is 1. The van der Waals surface area contributed by atoms with E-state index >= 15 is 0 Å². The average molecular weight is 208 g/mol. The van der Waals surface area contributed by atoms with Gasteiger partial charge in [0.1, 0.15) is 0 Å². The Morgan fingerprint density at radius 3 is 3.06 bits per heavy atom. The van der Waals surface area contributed by atoms with E-state index in [2.05, 4.69) is 23.2 Å². The summed E-state index contributed by atoms with van der Waals surface area (Å²) in [5, 5.41) is 10.3. The monoisotopic (exact) mass is 208 g/mol. The number of aryl methyl sites for hydroxylation is 1. The Hall–Kier alpha value is -1.88. The molecule has 78 valence electrons. The Morgan fingerprint density at radius 1 is 1.31 bits per heavy atom. The van der Waals surface area contributed by atoms with Gasteiger partial charge in [0, 0.05) is 5.39 Å². The highest BCUT2D eigenvalue weighted by Crippen LogP contribution is 2.31. The molecule has 0 N–H and O–H groups in total. The third-order valence-corrected chi connectivity index (χ3v) is 3.26. The van der Waals surface area contributed by atoms with Crippen molar-refractivity contribution in [2.24, 2.45) is 0 Å². The lowest BCUT2D eigenvalue weighted by atomic mass is 9.87. The zero-order valence-electron chi connectivity index (χ0n) is 8.98. The van der Waals surface area contributed by atoms with Crippen LogP contribution in [-0.2, 0) is 6.42 Å². The van der Waals surface area contributed by atoms with Gasteiger partial charge in [-0.15, -0.1) is 0 Å². The second-order valence-electron chi connectivity index (χ2n) is 4.30. The first-order valence-corrected chi connectivity index (χ1v) is 5.66. The summed E-state index contributed by atoms with van der Waals surface area (Å²) in [5.74, 6) is -0.00615. The fourth-order valence-electron chi connectivity index (χ4n) is 2.44. The highest BCUT2D eigenvalue weighted by atomic mass is 14.7. The lowest BCUT2D eigenvalue weighted by Crippen LogP contribution is -2.10. The fraction of sp³-hybridized carbons (Fsp3) is 0.286. The van der Waals surface area contributed by atoms with Crippen LogP contribution in [0.4, 0.5) is 0 Å². The number of rotatable bonds is 0. The smallest absolute Gasteiger partial charge is 0.0887 e. The summed E-state index contributed by atoms with van der Waals surface area (Å²) in [6, 6.07) is 12.7. The molecule has 2 heteroatoms. The summed E-state index contributed by atoms with van der Waals surface area (Å²) in [6.45, 7) is 0. The summed E-state index contributed by atoms with van der Waals surface area (Å²) in [5.41, 5.74) is 3.27. The van der Waals surface area contributed by atoms with Crippen molar-refractivity contribution in [3.05, 3.63) is 41.6 Å². The van der Waals surface area contributed by atoms with E-state index in [9.17, 15) is 0 Å². The predicted octanol–water partition coefficient (Wildman–Crippen LogP) is 3.18. The molecule has 0 spiro atoms. The minimum atomic E-state index is -0.00615. The molecule has 3 rings (SSSR count). The Kier molecular flexibility index (Phi) is 2.11. The van der Waals surface area contributed by atoms with Gasteiger partial charge in [-0.25, -0.2) is 0 Å². The highest BCUT2D eigenvalue weighted by Gasteiger charge is 2.21. The normalized spacial score (nSPS) is 19.1. The quantitative estimate of drug-likeness (QED) is 0.666. The van der Waals surface area contributed by atoms with Gasteiger partial charge in [-0.1, -0.05) is 18.2 Å². The first kappa shape index (κ1) is 9.35. The second kappa shape index (κ2) is 3.61. The van der Waals surface area contributed by atoms with Gasteiger partial charge in [0.25, 0.3) is 0 Å². The molecule has 1 atom stereocenters. The molecule has 1 heterocycles. The van der Waals surface area contributed by atoms with E-state index < -0.39 is 0 Å². The molecular formula is C14H12N2. The molecule has 1 unspecified atom stereocenters. The van der Waals surface area contributed by atoms with Gasteiger partial charge in [-0.05, 0) is 37.0 Å². The van der Waals surface area contributed by atoms with Crippen LogP contribution in [0.2, 0.25) is 0 Å². The minimum Gasteiger partial charge on any atom is -0.251 e. The van der Waals surface area contributed by atoms with Crippen molar-refractivity contribution < 1.29 is 0 Å². The van der Waals surface area contributed by atoms with Crippen LogP contribution in [0.3, 0.4) is 0 Å². The molecule has 2 nitrogen and oxygen atoms in total. The van der Waals surface area contributed by atoms with E-state index in [1.807, 2.05) is 18.2 Å². The molecule has 0 saturated carbocycles. The number of fused-ring (bicyclic) bond motifs is 2. The topological polar surface area (TPSA) is 36.7 Å². The Bertz CT molecular complexity index is 581. The third-order valence-electron chi connectivity index (χ3n) is 3.26. The van der Waals surface area contributed by atoms with Crippen LogP contribution in [-0.4, -0.2) is 4.98 Å². The zero-order valence-corrected chi connectivity index (χ0v) is 8.98. The lowest BCUT2D eigenvalue weighted by molar-refractivity contribution is 0.622. The summed E-state index contributed by atoms with van der Waals surface area (Å²) in [7, 11) is 0. The van der Waals surface area contributed by atoms with Crippen molar-refractivity contribution in [3.8, 4) is 6.07 Å². The molecule has 1 aromatic heterocycles. The molecule has 1 aliphatic rings. The van der Waals surface area contributed by atoms with E-state index in [1.54, 1.807) is 0 Å². The molecule has 0 fully saturated rings. The largest absolute Gasteiger partial charge is 0.251 e. The van der Waals surface area contributed by atoms with E-state index in [1.165, 1.54) is 10.9 Å². The van der Waals surface area contributed by atoms with E-state index in [0.29, 0.717) is 0 Å². The maximum Gasteiger partial charge on any atom is 0.0887 e. The first-order valence-electron chi connectivity index (χ1n) is 5.66. The minimum absolute atomic E-state index is 0.00615. The molecule has 16 heavy (non-hydrogen) atoms. The van der Waals surface area contributed by atoms with Crippen LogP contribution < -0.4 is 0 Å². The van der Waals surface area contributed by atoms with Gasteiger partial charge in [0.05, 0.1) is 23.2 Å². The summed E-state index contributed by atoms with van der Waals surface area (Å²) in [6.07, 6.45) is 3.12. The van der Waals surface area contributed by atoms with E-state index in [4.69, 9.17) is 5.26 Å². The van der Waals surface area contributed by atoms with Crippen LogP contribution in [0, 0.1) is 11.3 Å². The molecule has 0 amide bonds. The molecule has 0 saturated heterocycles. The maximum atomic E-state index is 9.12. The van der Waals surface area contributed by atoms with Gasteiger partial charge in [0.2, 0.25) is 0 Å². The highest BCUT2D eigenvalue weighted by molar-refractivity contribution is 5.79. The Morgan fingerprint density at radius 2 is 2.19 bits per heavy atom. The third kappa shape index (κ3) is 1.37. The molecule has 0 aliphatic heterocycles. The van der Waals surface area contributed by atoms with Crippen molar-refractivity contribution in [1.29, 1.82) is 5.26 Å². The summed E-state index contributed by atoms with van der Waals surface area (Å²) < 4.78 is 0. The van der Waals surface area contributed by atoms with Gasteiger partial charge in [0.15, 0.2) is 0 Å². The van der Waals surface area contributed by atoms with Crippen LogP contribution in [0.1, 0.15) is 30.0 Å².